The molecule has 17 heavy (non-hydrogen) atoms. The molecule has 0 amide bonds. The van der Waals surface area contributed by atoms with E-state index < -0.39 is 0 Å². The molecule has 1 N–H and O–H groups in total. The van der Waals surface area contributed by atoms with Crippen molar-refractivity contribution >= 4 is 0 Å². The van der Waals surface area contributed by atoms with Crippen LogP contribution in [0.1, 0.15) is 57.3 Å². The van der Waals surface area contributed by atoms with Gasteiger partial charge in [0.25, 0.3) is 0 Å². The second kappa shape index (κ2) is 7.44. The molecule has 1 rings (SSSR count). The van der Waals surface area contributed by atoms with Gasteiger partial charge in [0.15, 0.2) is 0 Å². The van der Waals surface area contributed by atoms with Crippen molar-refractivity contribution in [1.82, 2.24) is 10.3 Å². The SMILES string of the molecule is CCc1cccnc1C(CCCC(C)C)NC. The molecule has 1 unspecified atom stereocenters. The molecule has 1 aromatic heterocycles. The molecule has 1 atom stereocenters. The lowest BCUT2D eigenvalue weighted by molar-refractivity contribution is 0.462. The first-order valence-electron chi connectivity index (χ1n) is 6.80. The van der Waals surface area contributed by atoms with Gasteiger partial charge in [-0.25, -0.2) is 0 Å². The predicted octanol–water partition coefficient (Wildman–Crippen LogP) is 3.73. The van der Waals surface area contributed by atoms with Gasteiger partial charge < -0.3 is 5.32 Å². The number of nitrogens with zero attached hydrogens (tertiary/aromatic N) is 1. The number of rotatable bonds is 7. The average Bonchev–Trinajstić information content (AvgIpc) is 2.34. The van der Waals surface area contributed by atoms with E-state index >= 15 is 0 Å². The fourth-order valence-electron chi connectivity index (χ4n) is 2.21. The van der Waals surface area contributed by atoms with Gasteiger partial charge in [-0.05, 0) is 37.4 Å². The zero-order chi connectivity index (χ0) is 12.7. The summed E-state index contributed by atoms with van der Waals surface area (Å²) < 4.78 is 0. The number of pyridine rings is 1. The summed E-state index contributed by atoms with van der Waals surface area (Å²) in [5.41, 5.74) is 2.61. The molecule has 0 aliphatic heterocycles. The molecule has 0 saturated heterocycles. The molecular weight excluding hydrogens is 208 g/mol. The summed E-state index contributed by atoms with van der Waals surface area (Å²) in [4.78, 5) is 4.56. The summed E-state index contributed by atoms with van der Waals surface area (Å²) in [5.74, 6) is 0.793. The lowest BCUT2D eigenvalue weighted by Gasteiger charge is -2.18. The molecule has 1 aromatic rings. The molecule has 0 bridgehead atoms. The zero-order valence-corrected chi connectivity index (χ0v) is 11.7. The Morgan fingerprint density at radius 3 is 2.65 bits per heavy atom. The van der Waals surface area contributed by atoms with E-state index in [0.29, 0.717) is 6.04 Å². The van der Waals surface area contributed by atoms with Crippen LogP contribution in [0.4, 0.5) is 0 Å². The number of nitrogens with one attached hydrogen (secondary N) is 1. The lowest BCUT2D eigenvalue weighted by Crippen LogP contribution is -2.19. The number of aryl methyl sites for hydroxylation is 1. The molecule has 0 fully saturated rings. The molecule has 0 aromatic carbocycles. The van der Waals surface area contributed by atoms with E-state index in [1.54, 1.807) is 0 Å². The minimum atomic E-state index is 0.407. The second-order valence-corrected chi connectivity index (χ2v) is 5.07. The van der Waals surface area contributed by atoms with Crippen LogP contribution in [0.3, 0.4) is 0 Å². The first-order chi connectivity index (χ1) is 8.19. The third-order valence-electron chi connectivity index (χ3n) is 3.26. The van der Waals surface area contributed by atoms with Crippen molar-refractivity contribution in [3.05, 3.63) is 29.6 Å². The maximum Gasteiger partial charge on any atom is 0.0604 e. The molecule has 1 heterocycles. The summed E-state index contributed by atoms with van der Waals surface area (Å²) >= 11 is 0. The molecule has 0 radical (unpaired) electrons. The third-order valence-corrected chi connectivity index (χ3v) is 3.26. The monoisotopic (exact) mass is 234 g/mol. The van der Waals surface area contributed by atoms with Gasteiger partial charge in [-0.15, -0.1) is 0 Å². The van der Waals surface area contributed by atoms with Crippen molar-refractivity contribution in [2.75, 3.05) is 7.05 Å². The highest BCUT2D eigenvalue weighted by atomic mass is 14.9. The Balaban J connectivity index is 2.65. The highest BCUT2D eigenvalue weighted by Gasteiger charge is 2.13. The largest absolute Gasteiger partial charge is 0.312 e. The Morgan fingerprint density at radius 1 is 1.29 bits per heavy atom. The van der Waals surface area contributed by atoms with Crippen LogP contribution in [0.15, 0.2) is 18.3 Å². The molecule has 0 saturated carbocycles. The Bertz CT molecular complexity index is 320. The van der Waals surface area contributed by atoms with Crippen LogP contribution in [0.2, 0.25) is 0 Å². The fourth-order valence-corrected chi connectivity index (χ4v) is 2.21. The first-order valence-corrected chi connectivity index (χ1v) is 6.80. The van der Waals surface area contributed by atoms with Crippen molar-refractivity contribution < 1.29 is 0 Å². The fraction of sp³-hybridized carbons (Fsp3) is 0.667. The Kier molecular flexibility index (Phi) is 6.20. The van der Waals surface area contributed by atoms with Crippen LogP contribution in [-0.2, 0) is 6.42 Å². The van der Waals surface area contributed by atoms with Crippen molar-refractivity contribution in [2.45, 2.75) is 52.5 Å². The molecule has 0 spiro atoms. The lowest BCUT2D eigenvalue weighted by atomic mass is 9.98. The first kappa shape index (κ1) is 14.2. The summed E-state index contributed by atoms with van der Waals surface area (Å²) in [7, 11) is 2.04. The number of hydrogen-bond donors (Lipinski definition) is 1. The molecule has 2 nitrogen and oxygen atoms in total. The Hall–Kier alpha value is -0.890. The van der Waals surface area contributed by atoms with E-state index in [9.17, 15) is 0 Å². The van der Waals surface area contributed by atoms with Crippen molar-refractivity contribution in [3.8, 4) is 0 Å². The number of hydrogen-bond acceptors (Lipinski definition) is 2. The molecule has 96 valence electrons. The smallest absolute Gasteiger partial charge is 0.0604 e. The molecular formula is C15H26N2. The van der Waals surface area contributed by atoms with E-state index in [-0.39, 0.29) is 0 Å². The van der Waals surface area contributed by atoms with Gasteiger partial charge in [-0.2, -0.15) is 0 Å². The molecule has 0 aliphatic carbocycles. The van der Waals surface area contributed by atoms with Crippen LogP contribution < -0.4 is 5.32 Å². The van der Waals surface area contributed by atoms with E-state index in [0.717, 1.165) is 12.3 Å². The van der Waals surface area contributed by atoms with Crippen LogP contribution in [0.25, 0.3) is 0 Å². The summed E-state index contributed by atoms with van der Waals surface area (Å²) in [6, 6.07) is 4.63. The minimum Gasteiger partial charge on any atom is -0.312 e. The van der Waals surface area contributed by atoms with Gasteiger partial charge >= 0.3 is 0 Å². The van der Waals surface area contributed by atoms with E-state index in [2.05, 4.69) is 37.1 Å². The van der Waals surface area contributed by atoms with E-state index in [1.165, 1.54) is 30.5 Å². The molecule has 0 aliphatic rings. The van der Waals surface area contributed by atoms with Crippen molar-refractivity contribution in [1.29, 1.82) is 0 Å². The van der Waals surface area contributed by atoms with Gasteiger partial charge in [0.05, 0.1) is 5.69 Å². The van der Waals surface area contributed by atoms with Crippen molar-refractivity contribution in [3.63, 3.8) is 0 Å². The maximum absolute atomic E-state index is 4.56. The molecule has 2 heteroatoms. The average molecular weight is 234 g/mol. The van der Waals surface area contributed by atoms with Crippen LogP contribution >= 0.6 is 0 Å². The van der Waals surface area contributed by atoms with Gasteiger partial charge in [-0.3, -0.25) is 4.98 Å². The van der Waals surface area contributed by atoms with Crippen LogP contribution in [0.5, 0.6) is 0 Å². The van der Waals surface area contributed by atoms with Crippen LogP contribution in [0, 0.1) is 5.92 Å². The van der Waals surface area contributed by atoms with Crippen LogP contribution in [-0.4, -0.2) is 12.0 Å². The Labute approximate surface area is 106 Å². The quantitative estimate of drug-likeness (QED) is 0.777. The summed E-state index contributed by atoms with van der Waals surface area (Å²) in [6.45, 7) is 6.76. The van der Waals surface area contributed by atoms with Gasteiger partial charge in [0, 0.05) is 12.2 Å². The predicted molar refractivity (Wildman–Crippen MR) is 74.1 cm³/mol. The van der Waals surface area contributed by atoms with Gasteiger partial charge in [0.1, 0.15) is 0 Å². The summed E-state index contributed by atoms with van der Waals surface area (Å²) in [6.07, 6.45) is 6.71. The number of aromatic nitrogens is 1. The van der Waals surface area contributed by atoms with Crippen molar-refractivity contribution in [2.24, 2.45) is 5.92 Å². The van der Waals surface area contributed by atoms with E-state index in [1.807, 2.05) is 19.3 Å². The van der Waals surface area contributed by atoms with E-state index in [4.69, 9.17) is 0 Å². The standard InChI is InChI=1S/C15H26N2/c1-5-13-9-7-11-17-15(13)14(16-4)10-6-8-12(2)3/h7,9,11-12,14,16H,5-6,8,10H2,1-4H3. The Morgan fingerprint density at radius 2 is 2.06 bits per heavy atom. The second-order valence-electron chi connectivity index (χ2n) is 5.07. The third kappa shape index (κ3) is 4.47. The normalized spacial score (nSPS) is 13.0. The van der Waals surface area contributed by atoms with Gasteiger partial charge in [0.2, 0.25) is 0 Å². The zero-order valence-electron chi connectivity index (χ0n) is 11.7. The maximum atomic E-state index is 4.56. The highest BCUT2D eigenvalue weighted by Crippen LogP contribution is 2.22. The highest BCUT2D eigenvalue weighted by molar-refractivity contribution is 5.22. The van der Waals surface area contributed by atoms with Gasteiger partial charge in [-0.1, -0.05) is 39.7 Å². The topological polar surface area (TPSA) is 24.9 Å². The summed E-state index contributed by atoms with van der Waals surface area (Å²) in [5, 5.41) is 3.40. The minimum absolute atomic E-state index is 0.407.